The Morgan fingerprint density at radius 1 is 1.03 bits per heavy atom. The van der Waals surface area contributed by atoms with Gasteiger partial charge in [0.25, 0.3) is 0 Å². The minimum absolute atomic E-state index is 0.430. The minimum atomic E-state index is 0.430. The van der Waals surface area contributed by atoms with Crippen molar-refractivity contribution in [2.45, 2.75) is 57.7 Å². The molecular weight excluding hydrogens is 400 g/mol. The summed E-state index contributed by atoms with van der Waals surface area (Å²) in [6, 6.07) is 8.22. The van der Waals surface area contributed by atoms with Crippen LogP contribution in [0.1, 0.15) is 49.8 Å². The van der Waals surface area contributed by atoms with E-state index in [4.69, 9.17) is 30.8 Å². The van der Waals surface area contributed by atoms with Gasteiger partial charge in [0.1, 0.15) is 5.76 Å². The quantitative estimate of drug-likeness (QED) is 0.470. The monoisotopic (exact) mass is 432 g/mol. The molecule has 1 saturated carbocycles. The summed E-state index contributed by atoms with van der Waals surface area (Å²) in [5.74, 6) is 2.72. The predicted molar refractivity (Wildman–Crippen MR) is 121 cm³/mol. The summed E-state index contributed by atoms with van der Waals surface area (Å²) in [5.41, 5.74) is 1.01. The van der Waals surface area contributed by atoms with Gasteiger partial charge in [0.2, 0.25) is 5.75 Å². The number of rotatable bonds is 8. The van der Waals surface area contributed by atoms with Crippen molar-refractivity contribution in [3.05, 3.63) is 41.9 Å². The summed E-state index contributed by atoms with van der Waals surface area (Å²) in [7, 11) is 4.86. The van der Waals surface area contributed by atoms with Crippen LogP contribution in [0.5, 0.6) is 17.2 Å². The highest BCUT2D eigenvalue weighted by atomic mass is 32.1. The van der Waals surface area contributed by atoms with E-state index in [0.29, 0.717) is 36.4 Å². The highest BCUT2D eigenvalue weighted by Gasteiger charge is 2.20. The van der Waals surface area contributed by atoms with Crippen LogP contribution in [0.15, 0.2) is 34.9 Å². The molecule has 3 rings (SSSR count). The van der Waals surface area contributed by atoms with Crippen LogP contribution in [-0.2, 0) is 13.1 Å². The minimum Gasteiger partial charge on any atom is -0.493 e. The molecule has 1 aromatic carbocycles. The number of hydrogen-bond acceptors (Lipinski definition) is 5. The number of nitrogens with one attached hydrogen (secondary N) is 1. The first kappa shape index (κ1) is 22.3. The van der Waals surface area contributed by atoms with Crippen LogP contribution in [0.3, 0.4) is 0 Å². The molecule has 0 spiro atoms. The second-order valence-electron chi connectivity index (χ2n) is 7.61. The Balaban J connectivity index is 1.80. The molecule has 1 aromatic heterocycles. The van der Waals surface area contributed by atoms with E-state index in [9.17, 15) is 0 Å². The van der Waals surface area contributed by atoms with Crippen LogP contribution in [0.2, 0.25) is 0 Å². The topological polar surface area (TPSA) is 56.1 Å². The van der Waals surface area contributed by atoms with E-state index in [1.807, 2.05) is 24.3 Å². The van der Waals surface area contributed by atoms with E-state index in [-0.39, 0.29) is 0 Å². The lowest BCUT2D eigenvalue weighted by Crippen LogP contribution is -2.43. The zero-order valence-corrected chi connectivity index (χ0v) is 18.9. The average molecular weight is 433 g/mol. The Hall–Kier alpha value is -2.41. The van der Waals surface area contributed by atoms with Crippen molar-refractivity contribution in [3.8, 4) is 17.2 Å². The fourth-order valence-electron chi connectivity index (χ4n) is 3.93. The molecule has 1 fully saturated rings. The highest BCUT2D eigenvalue weighted by Crippen LogP contribution is 2.38. The van der Waals surface area contributed by atoms with E-state index < -0.39 is 0 Å². The molecule has 0 unspecified atom stereocenters. The Kier molecular flexibility index (Phi) is 8.25. The third-order valence-corrected chi connectivity index (χ3v) is 5.87. The van der Waals surface area contributed by atoms with E-state index >= 15 is 0 Å². The first-order chi connectivity index (χ1) is 14.6. The number of thiocarbonyl (C=S) groups is 1. The zero-order valence-electron chi connectivity index (χ0n) is 18.1. The second-order valence-corrected chi connectivity index (χ2v) is 7.99. The summed E-state index contributed by atoms with van der Waals surface area (Å²) in [5, 5.41) is 4.34. The van der Waals surface area contributed by atoms with Crippen molar-refractivity contribution in [2.24, 2.45) is 0 Å². The molecule has 0 saturated heterocycles. The molecule has 0 radical (unpaired) electrons. The maximum absolute atomic E-state index is 5.83. The molecule has 0 bridgehead atoms. The standard InChI is InChI=1S/C23H32N2O4S/c1-26-20-13-17(14-21(27-2)22(20)28-3)15-25(16-19-11-8-12-29-19)23(30)24-18-9-6-4-5-7-10-18/h8,11-14,18H,4-7,9-10,15-16H2,1-3H3,(H,24,30). The first-order valence-corrected chi connectivity index (χ1v) is 10.9. The maximum Gasteiger partial charge on any atom is 0.203 e. The lowest BCUT2D eigenvalue weighted by Gasteiger charge is -2.29. The Morgan fingerprint density at radius 3 is 2.23 bits per heavy atom. The van der Waals surface area contributed by atoms with Gasteiger partial charge in [0.15, 0.2) is 16.6 Å². The van der Waals surface area contributed by atoms with Crippen LogP contribution in [0.25, 0.3) is 0 Å². The predicted octanol–water partition coefficient (Wildman–Crippen LogP) is 4.90. The fourth-order valence-corrected chi connectivity index (χ4v) is 4.22. The number of ether oxygens (including phenoxy) is 3. The number of furan rings is 1. The van der Waals surface area contributed by atoms with Gasteiger partial charge in [-0.15, -0.1) is 0 Å². The van der Waals surface area contributed by atoms with E-state index in [1.165, 1.54) is 38.5 Å². The van der Waals surface area contributed by atoms with Gasteiger partial charge >= 0.3 is 0 Å². The number of nitrogens with zero attached hydrogens (tertiary/aromatic N) is 1. The van der Waals surface area contributed by atoms with Crippen molar-refractivity contribution < 1.29 is 18.6 Å². The smallest absolute Gasteiger partial charge is 0.203 e. The Labute approximate surface area is 184 Å². The molecule has 6 nitrogen and oxygen atoms in total. The molecule has 1 N–H and O–H groups in total. The largest absolute Gasteiger partial charge is 0.493 e. The van der Waals surface area contributed by atoms with Gasteiger partial charge in [-0.1, -0.05) is 25.7 Å². The summed E-state index contributed by atoms with van der Waals surface area (Å²) < 4.78 is 22.1. The van der Waals surface area contributed by atoms with Gasteiger partial charge in [0.05, 0.1) is 34.1 Å². The van der Waals surface area contributed by atoms with E-state index in [1.54, 1.807) is 27.6 Å². The molecule has 0 aliphatic heterocycles. The molecular formula is C23H32N2O4S. The SMILES string of the molecule is COc1cc(CN(Cc2ccco2)C(=S)NC2CCCCCC2)cc(OC)c1OC. The summed E-state index contributed by atoms with van der Waals surface area (Å²) >= 11 is 5.83. The zero-order chi connectivity index (χ0) is 21.3. The van der Waals surface area contributed by atoms with Gasteiger partial charge in [-0.25, -0.2) is 0 Å². The van der Waals surface area contributed by atoms with Gasteiger partial charge in [-0.2, -0.15) is 0 Å². The molecule has 2 aromatic rings. The normalized spacial score (nSPS) is 14.6. The molecule has 30 heavy (non-hydrogen) atoms. The van der Waals surface area contributed by atoms with E-state index in [0.717, 1.165) is 16.4 Å². The third kappa shape index (κ3) is 5.81. The number of methoxy groups -OCH3 is 3. The van der Waals surface area contributed by atoms with Crippen molar-refractivity contribution in [1.82, 2.24) is 10.2 Å². The van der Waals surface area contributed by atoms with Crippen molar-refractivity contribution in [1.29, 1.82) is 0 Å². The molecule has 1 aliphatic rings. The summed E-state index contributed by atoms with van der Waals surface area (Å²) in [6.07, 6.45) is 9.15. The van der Waals surface area contributed by atoms with Crippen molar-refractivity contribution >= 4 is 17.3 Å². The fraction of sp³-hybridized carbons (Fsp3) is 0.522. The van der Waals surface area contributed by atoms with Gasteiger partial charge in [-0.3, -0.25) is 0 Å². The van der Waals surface area contributed by atoms with Gasteiger partial charge in [0, 0.05) is 12.6 Å². The van der Waals surface area contributed by atoms with Crippen LogP contribution in [0, 0.1) is 0 Å². The first-order valence-electron chi connectivity index (χ1n) is 10.5. The molecule has 0 amide bonds. The molecule has 164 valence electrons. The lowest BCUT2D eigenvalue weighted by atomic mass is 10.1. The van der Waals surface area contributed by atoms with Crippen LogP contribution >= 0.6 is 12.2 Å². The summed E-state index contributed by atoms with van der Waals surface area (Å²) in [4.78, 5) is 2.12. The average Bonchev–Trinajstić information content (AvgIpc) is 3.14. The molecule has 0 atom stereocenters. The lowest BCUT2D eigenvalue weighted by molar-refractivity contribution is 0.319. The van der Waals surface area contributed by atoms with Crippen molar-refractivity contribution in [2.75, 3.05) is 21.3 Å². The number of hydrogen-bond donors (Lipinski definition) is 1. The van der Waals surface area contributed by atoms with Gasteiger partial charge < -0.3 is 28.8 Å². The molecule has 7 heteroatoms. The second kappa shape index (κ2) is 11.1. The highest BCUT2D eigenvalue weighted by molar-refractivity contribution is 7.80. The van der Waals surface area contributed by atoms with E-state index in [2.05, 4.69) is 10.2 Å². The van der Waals surface area contributed by atoms with Gasteiger partial charge in [-0.05, 0) is 54.9 Å². The Morgan fingerprint density at radius 2 is 1.70 bits per heavy atom. The van der Waals surface area contributed by atoms with Crippen LogP contribution in [-0.4, -0.2) is 37.4 Å². The number of benzene rings is 1. The third-order valence-electron chi connectivity index (χ3n) is 5.49. The van der Waals surface area contributed by atoms with Crippen molar-refractivity contribution in [3.63, 3.8) is 0 Å². The Bertz CT molecular complexity index is 777. The van der Waals surface area contributed by atoms with Crippen LogP contribution < -0.4 is 19.5 Å². The maximum atomic E-state index is 5.83. The van der Waals surface area contributed by atoms with Crippen LogP contribution in [0.4, 0.5) is 0 Å². The molecule has 1 heterocycles. The molecule has 1 aliphatic carbocycles. The summed E-state index contributed by atoms with van der Waals surface area (Å²) in [6.45, 7) is 1.18.